The van der Waals surface area contributed by atoms with Gasteiger partial charge >= 0.3 is 0 Å². The van der Waals surface area contributed by atoms with Gasteiger partial charge in [-0.3, -0.25) is 4.79 Å². The maximum Gasteiger partial charge on any atom is 0.257 e. The van der Waals surface area contributed by atoms with Crippen molar-refractivity contribution in [3.63, 3.8) is 0 Å². The van der Waals surface area contributed by atoms with Crippen LogP contribution >= 0.6 is 11.6 Å². The molecule has 5 nitrogen and oxygen atoms in total. The van der Waals surface area contributed by atoms with E-state index in [0.29, 0.717) is 6.61 Å². The molecule has 0 fully saturated rings. The number of rotatable bonds is 5. The molecular formula is C15H16ClFN2O3. The van der Waals surface area contributed by atoms with E-state index < -0.39 is 11.7 Å². The largest absolute Gasteiger partial charge is 0.383 e. The number of benzene rings is 1. The minimum Gasteiger partial charge on any atom is -0.383 e. The molecule has 1 N–H and O–H groups in total. The average Bonchev–Trinajstić information content (AvgIpc) is 2.80. The fourth-order valence-electron chi connectivity index (χ4n) is 2.12. The van der Waals surface area contributed by atoms with Crippen LogP contribution in [0.15, 0.2) is 22.7 Å². The first-order chi connectivity index (χ1) is 10.5. The van der Waals surface area contributed by atoms with Crippen molar-refractivity contribution < 1.29 is 18.4 Å². The molecule has 22 heavy (non-hydrogen) atoms. The molecule has 0 radical (unpaired) electrons. The predicted molar refractivity (Wildman–Crippen MR) is 80.4 cm³/mol. The van der Waals surface area contributed by atoms with E-state index in [1.165, 1.54) is 25.3 Å². The summed E-state index contributed by atoms with van der Waals surface area (Å²) in [7, 11) is 1.54. The van der Waals surface area contributed by atoms with Crippen molar-refractivity contribution in [2.45, 2.75) is 19.9 Å². The minimum absolute atomic E-state index is 0.0468. The number of hydrogen-bond acceptors (Lipinski definition) is 4. The van der Waals surface area contributed by atoms with Gasteiger partial charge in [-0.15, -0.1) is 0 Å². The number of nitrogens with zero attached hydrogens (tertiary/aromatic N) is 1. The summed E-state index contributed by atoms with van der Waals surface area (Å²) in [6.07, 6.45) is 0. The fourth-order valence-corrected chi connectivity index (χ4v) is 2.37. The first-order valence-corrected chi connectivity index (χ1v) is 7.04. The van der Waals surface area contributed by atoms with Gasteiger partial charge < -0.3 is 14.6 Å². The zero-order chi connectivity index (χ0) is 16.3. The van der Waals surface area contributed by atoms with Crippen LogP contribution < -0.4 is 5.32 Å². The Balaban J connectivity index is 2.42. The van der Waals surface area contributed by atoms with Crippen molar-refractivity contribution in [1.29, 1.82) is 0 Å². The van der Waals surface area contributed by atoms with Gasteiger partial charge in [0.2, 0.25) is 0 Å². The van der Waals surface area contributed by atoms with Gasteiger partial charge in [-0.1, -0.05) is 22.8 Å². The van der Waals surface area contributed by atoms with Gasteiger partial charge in [-0.2, -0.15) is 0 Å². The molecule has 0 saturated carbocycles. The van der Waals surface area contributed by atoms with E-state index in [2.05, 4.69) is 10.5 Å². The van der Waals surface area contributed by atoms with Gasteiger partial charge in [0.15, 0.2) is 0 Å². The summed E-state index contributed by atoms with van der Waals surface area (Å²) in [5.41, 5.74) is 0.295. The SMILES string of the molecule is COC[C@H](C)NC(=O)c1c(-c2c(F)cccc2Cl)noc1C. The highest BCUT2D eigenvalue weighted by Crippen LogP contribution is 2.33. The second kappa shape index (κ2) is 6.89. The number of amides is 1. The molecule has 0 aliphatic heterocycles. The van der Waals surface area contributed by atoms with Crippen molar-refractivity contribution in [2.75, 3.05) is 13.7 Å². The number of carbonyl (C=O) groups excluding carboxylic acids is 1. The Morgan fingerprint density at radius 2 is 2.27 bits per heavy atom. The summed E-state index contributed by atoms with van der Waals surface area (Å²) in [6.45, 7) is 3.73. The first kappa shape index (κ1) is 16.5. The third-order valence-electron chi connectivity index (χ3n) is 3.08. The number of halogens is 2. The van der Waals surface area contributed by atoms with Gasteiger partial charge in [0.25, 0.3) is 5.91 Å². The number of aromatic nitrogens is 1. The van der Waals surface area contributed by atoms with Crippen LogP contribution in [0, 0.1) is 12.7 Å². The zero-order valence-electron chi connectivity index (χ0n) is 12.4. The Kier molecular flexibility index (Phi) is 5.15. The average molecular weight is 327 g/mol. The van der Waals surface area contributed by atoms with E-state index in [1.54, 1.807) is 13.8 Å². The summed E-state index contributed by atoms with van der Waals surface area (Å²) in [6, 6.07) is 4.05. The molecule has 2 rings (SSSR count). The first-order valence-electron chi connectivity index (χ1n) is 6.66. The Morgan fingerprint density at radius 1 is 1.55 bits per heavy atom. The highest BCUT2D eigenvalue weighted by atomic mass is 35.5. The summed E-state index contributed by atoms with van der Waals surface area (Å²) >= 11 is 6.03. The molecule has 0 unspecified atom stereocenters. The Labute approximate surface area is 132 Å². The van der Waals surface area contributed by atoms with Crippen LogP contribution in [-0.2, 0) is 4.74 Å². The van der Waals surface area contributed by atoms with Crippen LogP contribution in [0.25, 0.3) is 11.3 Å². The molecule has 2 aromatic rings. The Hall–Kier alpha value is -1.92. The third kappa shape index (κ3) is 3.28. The molecule has 0 bridgehead atoms. The van der Waals surface area contributed by atoms with Crippen LogP contribution in [0.1, 0.15) is 23.0 Å². The minimum atomic E-state index is -0.570. The topological polar surface area (TPSA) is 64.4 Å². The molecule has 1 atom stereocenters. The smallest absolute Gasteiger partial charge is 0.257 e. The molecular weight excluding hydrogens is 311 g/mol. The highest BCUT2D eigenvalue weighted by Gasteiger charge is 2.26. The van der Waals surface area contributed by atoms with Gasteiger partial charge in [0.1, 0.15) is 22.8 Å². The zero-order valence-corrected chi connectivity index (χ0v) is 13.2. The number of carbonyl (C=O) groups is 1. The maximum atomic E-state index is 14.1. The molecule has 1 aromatic heterocycles. The molecule has 0 aliphatic carbocycles. The summed E-state index contributed by atoms with van der Waals surface area (Å²) in [5.74, 6) is -0.700. The lowest BCUT2D eigenvalue weighted by molar-refractivity contribution is 0.0904. The normalized spacial score (nSPS) is 12.2. The Bertz CT molecular complexity index is 667. The Morgan fingerprint density at radius 3 is 2.91 bits per heavy atom. The van der Waals surface area contributed by atoms with Crippen LogP contribution in [0.5, 0.6) is 0 Å². The molecule has 1 amide bonds. The van der Waals surface area contributed by atoms with Crippen LogP contribution in [0.4, 0.5) is 4.39 Å². The highest BCUT2D eigenvalue weighted by molar-refractivity contribution is 6.33. The van der Waals surface area contributed by atoms with Crippen molar-refractivity contribution in [1.82, 2.24) is 10.5 Å². The molecule has 118 valence electrons. The van der Waals surface area contributed by atoms with E-state index >= 15 is 0 Å². The number of aryl methyl sites for hydroxylation is 1. The number of methoxy groups -OCH3 is 1. The number of nitrogens with one attached hydrogen (secondary N) is 1. The second-order valence-electron chi connectivity index (χ2n) is 4.89. The molecule has 1 heterocycles. The summed E-state index contributed by atoms with van der Waals surface area (Å²) in [5, 5.41) is 6.69. The lowest BCUT2D eigenvalue weighted by atomic mass is 10.0. The van der Waals surface area contributed by atoms with E-state index in [0.717, 1.165) is 0 Å². The standard InChI is InChI=1S/C15H16ClFN2O3/c1-8(7-21-3)18-15(20)12-9(2)22-19-14(12)13-10(16)5-4-6-11(13)17/h4-6,8H,7H2,1-3H3,(H,18,20)/t8-/m0/s1. The van der Waals surface area contributed by atoms with Gasteiger partial charge in [-0.25, -0.2) is 4.39 Å². The fraction of sp³-hybridized carbons (Fsp3) is 0.333. The van der Waals surface area contributed by atoms with Gasteiger partial charge in [-0.05, 0) is 26.0 Å². The van der Waals surface area contributed by atoms with Crippen LogP contribution in [-0.4, -0.2) is 30.8 Å². The lowest BCUT2D eigenvalue weighted by Crippen LogP contribution is -2.36. The predicted octanol–water partition coefficient (Wildman–Crippen LogP) is 3.21. The van der Waals surface area contributed by atoms with Crippen molar-refractivity contribution in [3.8, 4) is 11.3 Å². The van der Waals surface area contributed by atoms with Crippen molar-refractivity contribution in [2.24, 2.45) is 0 Å². The molecule has 7 heteroatoms. The van der Waals surface area contributed by atoms with E-state index in [-0.39, 0.29) is 33.6 Å². The third-order valence-corrected chi connectivity index (χ3v) is 3.40. The van der Waals surface area contributed by atoms with Gasteiger partial charge in [0.05, 0.1) is 17.2 Å². The maximum absolute atomic E-state index is 14.1. The monoisotopic (exact) mass is 326 g/mol. The number of hydrogen-bond donors (Lipinski definition) is 1. The van der Waals surface area contributed by atoms with Gasteiger partial charge in [0, 0.05) is 13.2 Å². The van der Waals surface area contributed by atoms with Crippen molar-refractivity contribution >= 4 is 17.5 Å². The molecule has 0 spiro atoms. The van der Waals surface area contributed by atoms with Crippen LogP contribution in [0.2, 0.25) is 5.02 Å². The van der Waals surface area contributed by atoms with E-state index in [4.69, 9.17) is 20.9 Å². The van der Waals surface area contributed by atoms with Crippen molar-refractivity contribution in [3.05, 3.63) is 40.4 Å². The van der Waals surface area contributed by atoms with Crippen LogP contribution in [0.3, 0.4) is 0 Å². The quantitative estimate of drug-likeness (QED) is 0.916. The second-order valence-corrected chi connectivity index (χ2v) is 5.30. The summed E-state index contributed by atoms with van der Waals surface area (Å²) in [4.78, 5) is 12.4. The molecule has 0 saturated heterocycles. The van der Waals surface area contributed by atoms with E-state index in [1.807, 2.05) is 0 Å². The molecule has 0 aliphatic rings. The lowest BCUT2D eigenvalue weighted by Gasteiger charge is -2.13. The summed E-state index contributed by atoms with van der Waals surface area (Å²) < 4.78 is 24.1. The number of ether oxygens (including phenoxy) is 1. The van der Waals surface area contributed by atoms with E-state index in [9.17, 15) is 9.18 Å². The molecule has 1 aromatic carbocycles.